The first kappa shape index (κ1) is 16.6. The zero-order valence-electron chi connectivity index (χ0n) is 14.9. The molecule has 0 radical (unpaired) electrons. The van der Waals surface area contributed by atoms with Gasteiger partial charge in [-0.15, -0.1) is 0 Å². The van der Waals surface area contributed by atoms with Crippen molar-refractivity contribution in [2.45, 2.75) is 38.4 Å². The molecule has 0 amide bonds. The maximum Gasteiger partial charge on any atom is 0.119 e. The van der Waals surface area contributed by atoms with Crippen LogP contribution in [-0.2, 0) is 13.1 Å². The van der Waals surface area contributed by atoms with Gasteiger partial charge in [0.1, 0.15) is 12.4 Å². The molecule has 5 nitrogen and oxygen atoms in total. The van der Waals surface area contributed by atoms with Crippen LogP contribution < -0.4 is 4.74 Å². The lowest BCUT2D eigenvalue weighted by atomic mass is 9.99. The van der Waals surface area contributed by atoms with Crippen molar-refractivity contribution >= 4 is 0 Å². The van der Waals surface area contributed by atoms with E-state index in [0.717, 1.165) is 24.9 Å². The fraction of sp³-hybridized carbons (Fsp3) is 0.550. The number of ether oxygens (including phenoxy) is 1. The molecule has 5 heteroatoms. The van der Waals surface area contributed by atoms with Gasteiger partial charge in [0.2, 0.25) is 0 Å². The van der Waals surface area contributed by atoms with Gasteiger partial charge in [-0.05, 0) is 37.1 Å². The van der Waals surface area contributed by atoms with Crippen LogP contribution in [0.4, 0.5) is 0 Å². The van der Waals surface area contributed by atoms with Crippen LogP contribution in [0.3, 0.4) is 0 Å². The standard InChI is InChI=1S/C20H28N4O/c1-2-8-24-11-10-23(16-19(24)5-1)15-18-4-3-6-20(14-18)25-13-12-22-9-7-21-17-22/h3-4,6-7,9,14,17,19H,1-2,5,8,10-13,15-16H2/t19-/m0/s1. The number of hydrogen-bond donors (Lipinski definition) is 0. The number of piperazine rings is 1. The molecular weight excluding hydrogens is 312 g/mol. The molecule has 134 valence electrons. The van der Waals surface area contributed by atoms with Crippen LogP contribution in [0.1, 0.15) is 24.8 Å². The molecule has 4 rings (SSSR count). The molecule has 0 bridgehead atoms. The quantitative estimate of drug-likeness (QED) is 0.809. The van der Waals surface area contributed by atoms with Gasteiger partial charge in [-0.1, -0.05) is 18.6 Å². The van der Waals surface area contributed by atoms with E-state index in [1.165, 1.54) is 51.0 Å². The van der Waals surface area contributed by atoms with E-state index in [-0.39, 0.29) is 0 Å². The summed E-state index contributed by atoms with van der Waals surface area (Å²) in [6, 6.07) is 9.35. The van der Waals surface area contributed by atoms with Crippen molar-refractivity contribution in [1.29, 1.82) is 0 Å². The number of aromatic nitrogens is 2. The number of hydrogen-bond acceptors (Lipinski definition) is 4. The Morgan fingerprint density at radius 2 is 2.16 bits per heavy atom. The fourth-order valence-electron chi connectivity index (χ4n) is 4.04. The third-order valence-electron chi connectivity index (χ3n) is 5.40. The van der Waals surface area contributed by atoms with Crippen LogP contribution in [0, 0.1) is 0 Å². The van der Waals surface area contributed by atoms with Crippen molar-refractivity contribution in [2.24, 2.45) is 0 Å². The minimum atomic E-state index is 0.667. The summed E-state index contributed by atoms with van der Waals surface area (Å²) in [6.45, 7) is 7.45. The first-order chi connectivity index (χ1) is 12.4. The first-order valence-electron chi connectivity index (χ1n) is 9.51. The molecule has 2 aromatic rings. The maximum atomic E-state index is 5.92. The maximum absolute atomic E-state index is 5.92. The highest BCUT2D eigenvalue weighted by atomic mass is 16.5. The molecular formula is C20H28N4O. The molecule has 25 heavy (non-hydrogen) atoms. The third-order valence-corrected chi connectivity index (χ3v) is 5.40. The van der Waals surface area contributed by atoms with Gasteiger partial charge < -0.3 is 9.30 Å². The highest BCUT2D eigenvalue weighted by molar-refractivity contribution is 5.28. The van der Waals surface area contributed by atoms with E-state index in [2.05, 4.69) is 39.0 Å². The molecule has 2 aliphatic rings. The van der Waals surface area contributed by atoms with Gasteiger partial charge in [-0.2, -0.15) is 0 Å². The van der Waals surface area contributed by atoms with E-state index in [1.54, 1.807) is 6.20 Å². The van der Waals surface area contributed by atoms with Crippen LogP contribution in [0.5, 0.6) is 5.75 Å². The zero-order chi connectivity index (χ0) is 16.9. The predicted octanol–water partition coefficient (Wildman–Crippen LogP) is 2.63. The summed E-state index contributed by atoms with van der Waals surface area (Å²) < 4.78 is 7.95. The number of rotatable bonds is 6. The Hall–Kier alpha value is -1.85. The van der Waals surface area contributed by atoms with E-state index < -0.39 is 0 Å². The molecule has 1 atom stereocenters. The van der Waals surface area contributed by atoms with Crippen molar-refractivity contribution in [3.63, 3.8) is 0 Å². The van der Waals surface area contributed by atoms with Crippen LogP contribution in [0.25, 0.3) is 0 Å². The van der Waals surface area contributed by atoms with Crippen molar-refractivity contribution in [1.82, 2.24) is 19.4 Å². The number of fused-ring (bicyclic) bond motifs is 1. The average Bonchev–Trinajstić information content (AvgIpc) is 3.15. The highest BCUT2D eigenvalue weighted by Gasteiger charge is 2.28. The molecule has 2 saturated heterocycles. The Kier molecular flexibility index (Phi) is 5.33. The monoisotopic (exact) mass is 340 g/mol. The second kappa shape index (κ2) is 8.02. The topological polar surface area (TPSA) is 33.5 Å². The average molecular weight is 340 g/mol. The zero-order valence-corrected chi connectivity index (χ0v) is 14.9. The molecule has 1 aromatic carbocycles. The van der Waals surface area contributed by atoms with Crippen LogP contribution in [0.15, 0.2) is 43.0 Å². The van der Waals surface area contributed by atoms with Gasteiger partial charge in [-0.25, -0.2) is 4.98 Å². The fourth-order valence-corrected chi connectivity index (χ4v) is 4.04. The summed E-state index contributed by atoms with van der Waals surface area (Å²) in [5.74, 6) is 0.967. The summed E-state index contributed by atoms with van der Waals surface area (Å²) in [6.07, 6.45) is 9.74. The van der Waals surface area contributed by atoms with Crippen LogP contribution >= 0.6 is 0 Å². The lowest BCUT2D eigenvalue weighted by molar-refractivity contribution is 0.0456. The van der Waals surface area contributed by atoms with Gasteiger partial charge in [0, 0.05) is 44.6 Å². The molecule has 0 unspecified atom stereocenters. The highest BCUT2D eigenvalue weighted by Crippen LogP contribution is 2.23. The van der Waals surface area contributed by atoms with E-state index in [9.17, 15) is 0 Å². The normalized spacial score (nSPS) is 21.8. The Morgan fingerprint density at radius 3 is 3.08 bits per heavy atom. The molecule has 2 aliphatic heterocycles. The molecule has 2 fully saturated rings. The smallest absolute Gasteiger partial charge is 0.119 e. The minimum absolute atomic E-state index is 0.667. The minimum Gasteiger partial charge on any atom is -0.492 e. The SMILES string of the molecule is c1cc(CN2CCN3CCCC[C@H]3C2)cc(OCCn2ccnc2)c1. The summed E-state index contributed by atoms with van der Waals surface area (Å²) in [5, 5.41) is 0. The van der Waals surface area contributed by atoms with Crippen LogP contribution in [-0.4, -0.2) is 58.2 Å². The summed E-state index contributed by atoms with van der Waals surface area (Å²) in [4.78, 5) is 9.35. The number of piperidine rings is 1. The molecule has 0 N–H and O–H groups in total. The van der Waals surface area contributed by atoms with E-state index >= 15 is 0 Å². The molecule has 3 heterocycles. The molecule has 0 aliphatic carbocycles. The summed E-state index contributed by atoms with van der Waals surface area (Å²) >= 11 is 0. The summed E-state index contributed by atoms with van der Waals surface area (Å²) in [7, 11) is 0. The van der Waals surface area contributed by atoms with E-state index in [4.69, 9.17) is 4.74 Å². The molecule has 0 saturated carbocycles. The largest absolute Gasteiger partial charge is 0.492 e. The number of benzene rings is 1. The van der Waals surface area contributed by atoms with Gasteiger partial charge in [-0.3, -0.25) is 9.80 Å². The second-order valence-corrected chi connectivity index (χ2v) is 7.22. The van der Waals surface area contributed by atoms with Crippen molar-refractivity contribution < 1.29 is 4.74 Å². The number of nitrogens with zero attached hydrogens (tertiary/aromatic N) is 4. The Balaban J connectivity index is 1.29. The first-order valence-corrected chi connectivity index (χ1v) is 9.51. The Labute approximate surface area is 150 Å². The van der Waals surface area contributed by atoms with Crippen molar-refractivity contribution in [3.8, 4) is 5.75 Å². The Bertz CT molecular complexity index is 657. The van der Waals surface area contributed by atoms with Gasteiger partial charge in [0.25, 0.3) is 0 Å². The van der Waals surface area contributed by atoms with Gasteiger partial charge >= 0.3 is 0 Å². The lowest BCUT2D eigenvalue weighted by Gasteiger charge is -2.44. The molecule has 0 spiro atoms. The van der Waals surface area contributed by atoms with Gasteiger partial charge in [0.15, 0.2) is 0 Å². The summed E-state index contributed by atoms with van der Waals surface area (Å²) in [5.41, 5.74) is 1.35. The Morgan fingerprint density at radius 1 is 1.16 bits per heavy atom. The van der Waals surface area contributed by atoms with E-state index in [1.807, 2.05) is 17.1 Å². The molecule has 1 aromatic heterocycles. The van der Waals surface area contributed by atoms with Crippen molar-refractivity contribution in [2.75, 3.05) is 32.8 Å². The number of imidazole rings is 1. The second-order valence-electron chi connectivity index (χ2n) is 7.22. The lowest BCUT2D eigenvalue weighted by Crippen LogP contribution is -2.54. The van der Waals surface area contributed by atoms with Crippen LogP contribution in [0.2, 0.25) is 0 Å². The van der Waals surface area contributed by atoms with Gasteiger partial charge in [0.05, 0.1) is 12.9 Å². The third kappa shape index (κ3) is 4.41. The predicted molar refractivity (Wildman–Crippen MR) is 98.7 cm³/mol. The van der Waals surface area contributed by atoms with Crippen molar-refractivity contribution in [3.05, 3.63) is 48.5 Å². The van der Waals surface area contributed by atoms with E-state index in [0.29, 0.717) is 6.61 Å².